The average molecular weight is 349 g/mol. The monoisotopic (exact) mass is 348 g/mol. The Hall–Kier alpha value is -2.04. The molecule has 0 aliphatic carbocycles. The molecular formula is C19H25ClN2O2. The van der Waals surface area contributed by atoms with E-state index < -0.39 is 0 Å². The lowest BCUT2D eigenvalue weighted by molar-refractivity contribution is -0.121. The highest BCUT2D eigenvalue weighted by Crippen LogP contribution is 2.19. The molecule has 2 rings (SSSR count). The summed E-state index contributed by atoms with van der Waals surface area (Å²) in [5.41, 5.74) is 8.00. The molecule has 1 atom stereocenters. The lowest BCUT2D eigenvalue weighted by Gasteiger charge is -2.15. The summed E-state index contributed by atoms with van der Waals surface area (Å²) < 4.78 is 5.75. The highest BCUT2D eigenvalue weighted by atomic mass is 35.5. The minimum absolute atomic E-state index is 0. The maximum atomic E-state index is 12.1. The summed E-state index contributed by atoms with van der Waals surface area (Å²) in [6.07, 6.45) is 0.357. The van der Waals surface area contributed by atoms with Crippen LogP contribution in [0, 0.1) is 0 Å². The van der Waals surface area contributed by atoms with Gasteiger partial charge in [0.1, 0.15) is 5.75 Å². The molecule has 0 aliphatic heterocycles. The van der Waals surface area contributed by atoms with Crippen LogP contribution >= 0.6 is 12.4 Å². The van der Waals surface area contributed by atoms with Gasteiger partial charge in [-0.25, -0.2) is 0 Å². The predicted octanol–water partition coefficient (Wildman–Crippen LogP) is 3.60. The Morgan fingerprint density at radius 3 is 2.38 bits per heavy atom. The number of para-hydroxylation sites is 1. The Morgan fingerprint density at radius 2 is 1.71 bits per heavy atom. The number of halogens is 1. The zero-order valence-corrected chi connectivity index (χ0v) is 14.9. The smallest absolute Gasteiger partial charge is 0.222 e. The number of hydrogen-bond donors (Lipinski definition) is 2. The summed E-state index contributed by atoms with van der Waals surface area (Å²) in [5, 5.41) is 2.91. The number of carbonyl (C=O) groups is 1. The molecule has 0 heterocycles. The molecule has 0 saturated heterocycles. The summed E-state index contributed by atoms with van der Waals surface area (Å²) in [6.45, 7) is 4.39. The first kappa shape index (κ1) is 20.0. The highest BCUT2D eigenvalue weighted by Gasteiger charge is 2.12. The van der Waals surface area contributed by atoms with E-state index >= 15 is 0 Å². The summed E-state index contributed by atoms with van der Waals surface area (Å²) in [4.78, 5) is 12.1. The van der Waals surface area contributed by atoms with Crippen LogP contribution in [0.5, 0.6) is 5.75 Å². The molecule has 0 aromatic heterocycles. The second kappa shape index (κ2) is 9.96. The largest absolute Gasteiger partial charge is 0.491 e. The standard InChI is InChI=1S/C19H24N2O2.ClH/c1-14(2)23-18-11-7-6-10-16(18)13-21-19(22)12-17(20)15-8-4-3-5-9-15;/h3-11,14,17H,12-13,20H2,1-2H3,(H,21,22);1H. The zero-order valence-electron chi connectivity index (χ0n) is 14.1. The summed E-state index contributed by atoms with van der Waals surface area (Å²) in [5.74, 6) is 0.732. The molecule has 2 aromatic rings. The van der Waals surface area contributed by atoms with Crippen LogP contribution < -0.4 is 15.8 Å². The normalized spacial score (nSPS) is 11.5. The highest BCUT2D eigenvalue weighted by molar-refractivity contribution is 5.85. The van der Waals surface area contributed by atoms with Crippen molar-refractivity contribution in [3.8, 4) is 5.75 Å². The SMILES string of the molecule is CC(C)Oc1ccccc1CNC(=O)CC(N)c1ccccc1.Cl. The number of nitrogens with one attached hydrogen (secondary N) is 1. The number of amides is 1. The van der Waals surface area contributed by atoms with Crippen molar-refractivity contribution in [1.82, 2.24) is 5.32 Å². The molecule has 0 aliphatic rings. The lowest BCUT2D eigenvalue weighted by Crippen LogP contribution is -2.27. The van der Waals surface area contributed by atoms with E-state index in [0.29, 0.717) is 6.54 Å². The van der Waals surface area contributed by atoms with Gasteiger partial charge >= 0.3 is 0 Å². The molecule has 130 valence electrons. The Bertz CT molecular complexity index is 632. The molecule has 0 radical (unpaired) electrons. The van der Waals surface area contributed by atoms with E-state index in [1.54, 1.807) is 0 Å². The fourth-order valence-corrected chi connectivity index (χ4v) is 2.30. The van der Waals surface area contributed by atoms with Gasteiger partial charge in [-0.2, -0.15) is 0 Å². The maximum absolute atomic E-state index is 12.1. The predicted molar refractivity (Wildman–Crippen MR) is 99.3 cm³/mol. The maximum Gasteiger partial charge on any atom is 0.222 e. The van der Waals surface area contributed by atoms with Gasteiger partial charge in [0.15, 0.2) is 0 Å². The Kier molecular flexibility index (Phi) is 8.30. The number of carbonyl (C=O) groups excluding carboxylic acids is 1. The zero-order chi connectivity index (χ0) is 16.7. The van der Waals surface area contributed by atoms with Gasteiger partial charge in [0.25, 0.3) is 0 Å². The minimum atomic E-state index is -0.293. The summed E-state index contributed by atoms with van der Waals surface area (Å²) in [6, 6.07) is 17.1. The minimum Gasteiger partial charge on any atom is -0.491 e. The topological polar surface area (TPSA) is 64.3 Å². The van der Waals surface area contributed by atoms with E-state index in [2.05, 4.69) is 5.32 Å². The van der Waals surface area contributed by atoms with Gasteiger partial charge in [0, 0.05) is 24.6 Å². The Morgan fingerprint density at radius 1 is 1.08 bits per heavy atom. The van der Waals surface area contributed by atoms with E-state index in [0.717, 1.165) is 16.9 Å². The van der Waals surface area contributed by atoms with Crippen LogP contribution in [0.2, 0.25) is 0 Å². The van der Waals surface area contributed by atoms with Crippen LogP contribution in [0.4, 0.5) is 0 Å². The van der Waals surface area contributed by atoms with Crippen molar-refractivity contribution in [2.75, 3.05) is 0 Å². The van der Waals surface area contributed by atoms with Crippen molar-refractivity contribution in [3.05, 3.63) is 65.7 Å². The molecule has 5 heteroatoms. The van der Waals surface area contributed by atoms with E-state index in [1.807, 2.05) is 68.4 Å². The lowest BCUT2D eigenvalue weighted by atomic mass is 10.0. The van der Waals surface area contributed by atoms with Crippen molar-refractivity contribution in [2.24, 2.45) is 5.73 Å². The first-order valence-electron chi connectivity index (χ1n) is 7.88. The number of ether oxygens (including phenoxy) is 1. The van der Waals surface area contributed by atoms with Crippen LogP contribution in [0.3, 0.4) is 0 Å². The van der Waals surface area contributed by atoms with E-state index in [1.165, 1.54) is 0 Å². The molecule has 24 heavy (non-hydrogen) atoms. The van der Waals surface area contributed by atoms with Crippen LogP contribution in [0.25, 0.3) is 0 Å². The van der Waals surface area contributed by atoms with E-state index in [9.17, 15) is 4.79 Å². The van der Waals surface area contributed by atoms with Crippen LogP contribution in [-0.2, 0) is 11.3 Å². The molecule has 2 aromatic carbocycles. The quantitative estimate of drug-likeness (QED) is 0.803. The Balaban J connectivity index is 0.00000288. The van der Waals surface area contributed by atoms with E-state index in [-0.39, 0.29) is 36.9 Å². The van der Waals surface area contributed by atoms with Crippen molar-refractivity contribution < 1.29 is 9.53 Å². The molecule has 1 amide bonds. The van der Waals surface area contributed by atoms with Crippen LogP contribution in [0.1, 0.15) is 37.4 Å². The first-order chi connectivity index (χ1) is 11.1. The number of nitrogens with two attached hydrogens (primary N) is 1. The number of rotatable bonds is 7. The third-order valence-corrected chi connectivity index (χ3v) is 3.44. The van der Waals surface area contributed by atoms with Crippen molar-refractivity contribution in [1.29, 1.82) is 0 Å². The van der Waals surface area contributed by atoms with Gasteiger partial charge in [0.05, 0.1) is 6.10 Å². The molecule has 4 nitrogen and oxygen atoms in total. The van der Waals surface area contributed by atoms with Gasteiger partial charge < -0.3 is 15.8 Å². The fourth-order valence-electron chi connectivity index (χ4n) is 2.30. The number of benzene rings is 2. The molecular weight excluding hydrogens is 324 g/mol. The molecule has 0 spiro atoms. The molecule has 3 N–H and O–H groups in total. The molecule has 0 fully saturated rings. The van der Waals surface area contributed by atoms with Gasteiger partial charge in [-0.1, -0.05) is 48.5 Å². The Labute approximate surface area is 149 Å². The van der Waals surface area contributed by atoms with Crippen LogP contribution in [-0.4, -0.2) is 12.0 Å². The fraction of sp³-hybridized carbons (Fsp3) is 0.316. The average Bonchev–Trinajstić information content (AvgIpc) is 2.54. The van der Waals surface area contributed by atoms with Gasteiger partial charge in [0.2, 0.25) is 5.91 Å². The second-order valence-electron chi connectivity index (χ2n) is 5.77. The van der Waals surface area contributed by atoms with E-state index in [4.69, 9.17) is 10.5 Å². The summed E-state index contributed by atoms with van der Waals surface area (Å²) in [7, 11) is 0. The second-order valence-corrected chi connectivity index (χ2v) is 5.77. The van der Waals surface area contributed by atoms with Gasteiger partial charge in [-0.05, 0) is 25.5 Å². The first-order valence-corrected chi connectivity index (χ1v) is 7.88. The third kappa shape index (κ3) is 6.22. The van der Waals surface area contributed by atoms with Gasteiger partial charge in [-0.3, -0.25) is 4.79 Å². The summed E-state index contributed by atoms with van der Waals surface area (Å²) >= 11 is 0. The third-order valence-electron chi connectivity index (χ3n) is 3.44. The molecule has 0 bridgehead atoms. The van der Waals surface area contributed by atoms with Gasteiger partial charge in [-0.15, -0.1) is 12.4 Å². The molecule has 1 unspecified atom stereocenters. The van der Waals surface area contributed by atoms with Crippen molar-refractivity contribution in [3.63, 3.8) is 0 Å². The van der Waals surface area contributed by atoms with Crippen molar-refractivity contribution >= 4 is 18.3 Å². The van der Waals surface area contributed by atoms with Crippen LogP contribution in [0.15, 0.2) is 54.6 Å². The number of hydrogen-bond acceptors (Lipinski definition) is 3. The molecule has 0 saturated carbocycles. The van der Waals surface area contributed by atoms with Crippen molar-refractivity contribution in [2.45, 2.75) is 39.0 Å².